The molecule has 0 aromatic heterocycles. The second-order valence-corrected chi connectivity index (χ2v) is 5.79. The molecule has 2 rings (SSSR count). The zero-order valence-electron chi connectivity index (χ0n) is 11.9. The standard InChI is InChI=1S/C14H28N2O2/c1-3-15-10-14(6-9-18-12-14)11-16-7-4-13(17-2)5-8-16/h13,15H,3-12H2,1-2H3. The van der Waals surface area contributed by atoms with Crippen molar-refractivity contribution < 1.29 is 9.47 Å². The largest absolute Gasteiger partial charge is 0.381 e. The molecule has 0 aliphatic carbocycles. The minimum absolute atomic E-state index is 0.343. The highest BCUT2D eigenvalue weighted by Crippen LogP contribution is 2.30. The molecule has 1 N–H and O–H groups in total. The van der Waals surface area contributed by atoms with Crippen LogP contribution >= 0.6 is 0 Å². The van der Waals surface area contributed by atoms with Crippen LogP contribution in [0.1, 0.15) is 26.2 Å². The Hall–Kier alpha value is -0.160. The van der Waals surface area contributed by atoms with Crippen molar-refractivity contribution in [2.45, 2.75) is 32.3 Å². The molecule has 2 aliphatic heterocycles. The maximum Gasteiger partial charge on any atom is 0.0595 e. The van der Waals surface area contributed by atoms with E-state index in [-0.39, 0.29) is 0 Å². The van der Waals surface area contributed by atoms with Gasteiger partial charge in [-0.2, -0.15) is 0 Å². The Morgan fingerprint density at radius 3 is 2.72 bits per heavy atom. The Labute approximate surface area is 111 Å². The highest BCUT2D eigenvalue weighted by molar-refractivity contribution is 4.89. The molecule has 0 spiro atoms. The van der Waals surface area contributed by atoms with Gasteiger partial charge in [-0.05, 0) is 25.8 Å². The van der Waals surface area contributed by atoms with E-state index in [1.807, 2.05) is 7.11 Å². The second kappa shape index (κ2) is 6.85. The summed E-state index contributed by atoms with van der Waals surface area (Å²) in [4.78, 5) is 2.60. The molecular weight excluding hydrogens is 228 g/mol. The first-order chi connectivity index (χ1) is 8.78. The van der Waals surface area contributed by atoms with Gasteiger partial charge in [0.05, 0.1) is 12.7 Å². The van der Waals surface area contributed by atoms with Crippen LogP contribution in [0, 0.1) is 5.41 Å². The Kier molecular flexibility index (Phi) is 5.42. The first-order valence-electron chi connectivity index (χ1n) is 7.31. The van der Waals surface area contributed by atoms with E-state index >= 15 is 0 Å². The van der Waals surface area contributed by atoms with Crippen molar-refractivity contribution in [3.05, 3.63) is 0 Å². The number of nitrogens with one attached hydrogen (secondary N) is 1. The molecule has 1 unspecified atom stereocenters. The Morgan fingerprint density at radius 2 is 2.17 bits per heavy atom. The Morgan fingerprint density at radius 1 is 1.39 bits per heavy atom. The van der Waals surface area contributed by atoms with E-state index < -0.39 is 0 Å². The van der Waals surface area contributed by atoms with Gasteiger partial charge in [-0.1, -0.05) is 6.92 Å². The summed E-state index contributed by atoms with van der Waals surface area (Å²) in [7, 11) is 1.83. The Bertz CT molecular complexity index is 234. The summed E-state index contributed by atoms with van der Waals surface area (Å²) < 4.78 is 11.1. The van der Waals surface area contributed by atoms with Gasteiger partial charge in [0.15, 0.2) is 0 Å². The third kappa shape index (κ3) is 3.67. The fourth-order valence-corrected chi connectivity index (χ4v) is 3.14. The van der Waals surface area contributed by atoms with Crippen LogP contribution in [0.25, 0.3) is 0 Å². The number of ether oxygens (including phenoxy) is 2. The maximum absolute atomic E-state index is 5.65. The van der Waals surface area contributed by atoms with Crippen molar-refractivity contribution >= 4 is 0 Å². The summed E-state index contributed by atoms with van der Waals surface area (Å²) >= 11 is 0. The summed E-state index contributed by atoms with van der Waals surface area (Å²) in [6.45, 7) is 9.69. The van der Waals surface area contributed by atoms with E-state index in [1.165, 1.54) is 38.9 Å². The van der Waals surface area contributed by atoms with E-state index in [4.69, 9.17) is 9.47 Å². The van der Waals surface area contributed by atoms with Crippen molar-refractivity contribution in [2.75, 3.05) is 53.0 Å². The lowest BCUT2D eigenvalue weighted by Crippen LogP contribution is -2.47. The van der Waals surface area contributed by atoms with Gasteiger partial charge in [-0.3, -0.25) is 0 Å². The fourth-order valence-electron chi connectivity index (χ4n) is 3.14. The number of rotatable bonds is 6. The first kappa shape index (κ1) is 14.3. The predicted octanol–water partition coefficient (Wildman–Crippen LogP) is 1.11. The highest BCUT2D eigenvalue weighted by Gasteiger charge is 2.37. The van der Waals surface area contributed by atoms with Gasteiger partial charge in [-0.25, -0.2) is 0 Å². The molecule has 4 nitrogen and oxygen atoms in total. The van der Waals surface area contributed by atoms with Crippen LogP contribution in [-0.2, 0) is 9.47 Å². The van der Waals surface area contributed by atoms with Gasteiger partial charge in [0.1, 0.15) is 0 Å². The van der Waals surface area contributed by atoms with Crippen LogP contribution in [-0.4, -0.2) is 64.1 Å². The van der Waals surface area contributed by atoms with Gasteiger partial charge in [0.2, 0.25) is 0 Å². The summed E-state index contributed by atoms with van der Waals surface area (Å²) in [6.07, 6.45) is 4.03. The zero-order valence-corrected chi connectivity index (χ0v) is 11.9. The molecule has 2 saturated heterocycles. The number of hydrogen-bond acceptors (Lipinski definition) is 4. The summed E-state index contributed by atoms with van der Waals surface area (Å²) in [5.74, 6) is 0. The van der Waals surface area contributed by atoms with Crippen LogP contribution in [0.5, 0.6) is 0 Å². The molecule has 0 aromatic rings. The van der Waals surface area contributed by atoms with Gasteiger partial charge < -0.3 is 19.7 Å². The lowest BCUT2D eigenvalue weighted by Gasteiger charge is -2.38. The van der Waals surface area contributed by atoms with Gasteiger partial charge in [0, 0.05) is 45.3 Å². The quantitative estimate of drug-likeness (QED) is 0.772. The van der Waals surface area contributed by atoms with Crippen molar-refractivity contribution in [3.63, 3.8) is 0 Å². The predicted molar refractivity (Wildman–Crippen MR) is 72.9 cm³/mol. The maximum atomic E-state index is 5.65. The van der Waals surface area contributed by atoms with Crippen molar-refractivity contribution in [3.8, 4) is 0 Å². The highest BCUT2D eigenvalue weighted by atomic mass is 16.5. The average molecular weight is 256 g/mol. The third-order valence-corrected chi connectivity index (χ3v) is 4.36. The molecule has 0 bridgehead atoms. The van der Waals surface area contributed by atoms with E-state index in [0.29, 0.717) is 11.5 Å². The minimum Gasteiger partial charge on any atom is -0.381 e. The van der Waals surface area contributed by atoms with Gasteiger partial charge >= 0.3 is 0 Å². The summed E-state index contributed by atoms with van der Waals surface area (Å²) in [5.41, 5.74) is 0.343. The molecule has 2 heterocycles. The van der Waals surface area contributed by atoms with E-state index in [9.17, 15) is 0 Å². The summed E-state index contributed by atoms with van der Waals surface area (Å²) in [5, 5.41) is 3.51. The Balaban J connectivity index is 1.82. The molecule has 0 radical (unpaired) electrons. The number of likely N-dealkylation sites (tertiary alicyclic amines) is 1. The molecule has 0 amide bonds. The molecule has 0 aromatic carbocycles. The van der Waals surface area contributed by atoms with Crippen LogP contribution in [0.2, 0.25) is 0 Å². The van der Waals surface area contributed by atoms with Crippen LogP contribution in [0.3, 0.4) is 0 Å². The fraction of sp³-hybridized carbons (Fsp3) is 1.00. The van der Waals surface area contributed by atoms with E-state index in [1.54, 1.807) is 0 Å². The van der Waals surface area contributed by atoms with E-state index in [0.717, 1.165) is 26.3 Å². The molecule has 2 fully saturated rings. The van der Waals surface area contributed by atoms with Crippen LogP contribution < -0.4 is 5.32 Å². The van der Waals surface area contributed by atoms with Gasteiger partial charge in [-0.15, -0.1) is 0 Å². The first-order valence-corrected chi connectivity index (χ1v) is 7.31. The molecular formula is C14H28N2O2. The van der Waals surface area contributed by atoms with Crippen molar-refractivity contribution in [1.29, 1.82) is 0 Å². The lowest BCUT2D eigenvalue weighted by atomic mass is 9.85. The van der Waals surface area contributed by atoms with Crippen LogP contribution in [0.4, 0.5) is 0 Å². The topological polar surface area (TPSA) is 33.7 Å². The number of nitrogens with zero attached hydrogens (tertiary/aromatic N) is 1. The molecule has 18 heavy (non-hydrogen) atoms. The molecule has 0 saturated carbocycles. The minimum atomic E-state index is 0.343. The van der Waals surface area contributed by atoms with Gasteiger partial charge in [0.25, 0.3) is 0 Å². The molecule has 106 valence electrons. The molecule has 2 aliphatic rings. The molecule has 4 heteroatoms. The van der Waals surface area contributed by atoms with Crippen molar-refractivity contribution in [2.24, 2.45) is 5.41 Å². The zero-order chi connectivity index (χ0) is 12.8. The number of methoxy groups -OCH3 is 1. The smallest absolute Gasteiger partial charge is 0.0595 e. The summed E-state index contributed by atoms with van der Waals surface area (Å²) in [6, 6.07) is 0. The van der Waals surface area contributed by atoms with Crippen LogP contribution in [0.15, 0.2) is 0 Å². The molecule has 1 atom stereocenters. The third-order valence-electron chi connectivity index (χ3n) is 4.36. The SMILES string of the molecule is CCNCC1(CN2CCC(OC)CC2)CCOC1. The normalized spacial score (nSPS) is 31.0. The van der Waals surface area contributed by atoms with Crippen molar-refractivity contribution in [1.82, 2.24) is 10.2 Å². The average Bonchev–Trinajstić information content (AvgIpc) is 2.86. The monoisotopic (exact) mass is 256 g/mol. The number of hydrogen-bond donors (Lipinski definition) is 1. The second-order valence-electron chi connectivity index (χ2n) is 5.79. The number of piperidine rings is 1. The van der Waals surface area contributed by atoms with E-state index in [2.05, 4.69) is 17.1 Å². The lowest BCUT2D eigenvalue weighted by molar-refractivity contribution is 0.0235.